The lowest BCUT2D eigenvalue weighted by molar-refractivity contribution is -0.119. The fourth-order valence-corrected chi connectivity index (χ4v) is 8.40. The first-order chi connectivity index (χ1) is 31.0. The van der Waals surface area contributed by atoms with Crippen LogP contribution in [-0.4, -0.2) is 89.2 Å². The number of unbranched alkanes of at least 4 members (excludes halogenated alkanes) is 1. The first-order valence-corrected chi connectivity index (χ1v) is 21.8. The minimum absolute atomic E-state index is 0.0117. The molecule has 4 atom stereocenters. The van der Waals surface area contributed by atoms with Crippen molar-refractivity contribution >= 4 is 29.5 Å². The molecule has 4 aromatic carbocycles. The summed E-state index contributed by atoms with van der Waals surface area (Å²) in [6.07, 6.45) is 3.00. The van der Waals surface area contributed by atoms with Gasteiger partial charge in [-0.05, 0) is 101 Å². The van der Waals surface area contributed by atoms with Crippen LogP contribution in [-0.2, 0) is 27.3 Å². The number of benzene rings is 4. The zero-order chi connectivity index (χ0) is 46.6. The van der Waals surface area contributed by atoms with Crippen molar-refractivity contribution in [3.8, 4) is 34.5 Å². The van der Waals surface area contributed by atoms with Crippen LogP contribution in [0.15, 0.2) is 88.0 Å². The molecule has 4 unspecified atom stereocenters. The van der Waals surface area contributed by atoms with E-state index in [9.17, 15) is 30.0 Å². The van der Waals surface area contributed by atoms with Crippen LogP contribution in [0.1, 0.15) is 88.7 Å². The Labute approximate surface area is 378 Å². The van der Waals surface area contributed by atoms with Crippen LogP contribution < -0.4 is 40.2 Å². The lowest BCUT2D eigenvalue weighted by atomic mass is 9.77. The average molecular weight is 894 g/mol. The first kappa shape index (κ1) is 46.7. The summed E-state index contributed by atoms with van der Waals surface area (Å²) in [7, 11) is 1.59. The molecule has 17 nitrogen and oxygen atoms in total. The number of anilines is 2. The van der Waals surface area contributed by atoms with Crippen molar-refractivity contribution in [1.82, 2.24) is 10.6 Å². The molecule has 0 saturated carbocycles. The molecule has 7 rings (SSSR count). The Balaban J connectivity index is 1.30. The predicted molar refractivity (Wildman–Crippen MR) is 244 cm³/mol. The van der Waals surface area contributed by atoms with E-state index in [1.807, 2.05) is 76.2 Å². The third-order valence-corrected chi connectivity index (χ3v) is 12.1. The number of carbonyl (C=O) groups is 2. The van der Waals surface area contributed by atoms with Crippen molar-refractivity contribution in [1.29, 1.82) is 0 Å². The van der Waals surface area contributed by atoms with E-state index in [0.29, 0.717) is 31.6 Å². The number of methoxy groups -OCH3 is 1. The van der Waals surface area contributed by atoms with Gasteiger partial charge in [0.1, 0.15) is 52.4 Å². The van der Waals surface area contributed by atoms with Crippen molar-refractivity contribution in [3.63, 3.8) is 0 Å². The number of nitrogens with zero attached hydrogens (tertiary/aromatic N) is 3. The number of fused-ring (bicyclic) bond motifs is 2. The number of carbonyl (C=O) groups excluding carboxylic acids is 2. The van der Waals surface area contributed by atoms with Gasteiger partial charge < -0.3 is 60.6 Å². The van der Waals surface area contributed by atoms with Gasteiger partial charge in [-0.1, -0.05) is 37.6 Å². The van der Waals surface area contributed by atoms with Gasteiger partial charge in [0, 0.05) is 40.7 Å². The molecular formula is C48H59N7O10. The topological polar surface area (TPSA) is 237 Å². The largest absolute Gasteiger partial charge is 0.506 e. The Morgan fingerprint density at radius 1 is 0.846 bits per heavy atom. The van der Waals surface area contributed by atoms with E-state index in [1.54, 1.807) is 7.11 Å². The van der Waals surface area contributed by atoms with Crippen LogP contribution in [0.2, 0.25) is 0 Å². The van der Waals surface area contributed by atoms with Gasteiger partial charge in [-0.2, -0.15) is 5.11 Å². The quantitative estimate of drug-likeness (QED) is 0.0358. The Bertz CT molecular complexity index is 2410. The molecule has 17 heteroatoms. The molecule has 65 heavy (non-hydrogen) atoms. The van der Waals surface area contributed by atoms with Gasteiger partial charge in [0.25, 0.3) is 11.8 Å². The van der Waals surface area contributed by atoms with E-state index < -0.39 is 52.9 Å². The highest BCUT2D eigenvalue weighted by Crippen LogP contribution is 2.49. The van der Waals surface area contributed by atoms with E-state index in [2.05, 4.69) is 38.4 Å². The number of ether oxygens (including phenoxy) is 4. The Morgan fingerprint density at radius 3 is 2.11 bits per heavy atom. The predicted octanol–water partition coefficient (Wildman–Crippen LogP) is 6.34. The number of aromatic hydroxyl groups is 2. The van der Waals surface area contributed by atoms with Crippen LogP contribution in [0, 0.1) is 0 Å². The molecule has 4 aromatic rings. The maximum absolute atomic E-state index is 13.8. The van der Waals surface area contributed by atoms with Gasteiger partial charge in [0.2, 0.25) is 0 Å². The van der Waals surface area contributed by atoms with Crippen LogP contribution in [0.3, 0.4) is 0 Å². The molecule has 8 N–H and O–H groups in total. The van der Waals surface area contributed by atoms with Crippen molar-refractivity contribution in [3.05, 3.63) is 95.1 Å². The van der Waals surface area contributed by atoms with E-state index in [-0.39, 0.29) is 58.7 Å². The van der Waals surface area contributed by atoms with E-state index in [0.717, 1.165) is 29.7 Å². The summed E-state index contributed by atoms with van der Waals surface area (Å²) in [4.78, 5) is 29.8. The van der Waals surface area contributed by atoms with Crippen LogP contribution >= 0.6 is 0 Å². The molecule has 0 bridgehead atoms. The lowest BCUT2D eigenvalue weighted by Crippen LogP contribution is -2.63. The van der Waals surface area contributed by atoms with Crippen LogP contribution in [0.4, 0.5) is 11.4 Å². The molecule has 3 aliphatic heterocycles. The zero-order valence-electron chi connectivity index (χ0n) is 37.6. The second-order valence-corrected chi connectivity index (χ2v) is 18.0. The molecule has 0 spiro atoms. The molecule has 3 aliphatic rings. The molecule has 2 amide bonds. The highest BCUT2D eigenvalue weighted by molar-refractivity contribution is 5.98. The van der Waals surface area contributed by atoms with E-state index in [1.165, 1.54) is 30.6 Å². The lowest BCUT2D eigenvalue weighted by Gasteiger charge is -2.46. The maximum atomic E-state index is 13.8. The summed E-state index contributed by atoms with van der Waals surface area (Å²) < 4.78 is 23.2. The van der Waals surface area contributed by atoms with Crippen molar-refractivity contribution in [2.24, 2.45) is 15.2 Å². The number of aliphatic hydroxyl groups excluding tert-OH is 1. The van der Waals surface area contributed by atoms with E-state index >= 15 is 0 Å². The highest BCUT2D eigenvalue weighted by Gasteiger charge is 2.50. The van der Waals surface area contributed by atoms with Crippen molar-refractivity contribution in [2.45, 2.75) is 101 Å². The standard InChI is InChI=1S/C48H59N7O10/c1-7-8-23-63-32-13-9-29(10-14-32)24-46(4,5)49-27-47(61,34-18-20-36(57)40-43(34)65-26-38(59)53-40)44(41(60)33-17-19-35(56)39-42(33)64-25-37(58)52-39)54-45(2,3)21-22-48(50-28-51-55-48)30-11-15-31(62-6)16-12-30/h9-20,28,41,44,49,54,56-57,60-61H,7-8,21-27H2,1-6H3,(H,52,58)(H,53,59). The summed E-state index contributed by atoms with van der Waals surface area (Å²) in [5.41, 5.74) is -2.81. The number of aliphatic hydroxyl groups is 2. The summed E-state index contributed by atoms with van der Waals surface area (Å²) in [6, 6.07) is 19.6. The third kappa shape index (κ3) is 10.3. The normalized spacial score (nSPS) is 18.6. The molecule has 0 radical (unpaired) electrons. The summed E-state index contributed by atoms with van der Waals surface area (Å²) in [5, 5.41) is 69.7. The van der Waals surface area contributed by atoms with Gasteiger partial charge in [-0.15, -0.1) is 5.11 Å². The molecule has 0 saturated heterocycles. The summed E-state index contributed by atoms with van der Waals surface area (Å²) in [5.74, 6) is -0.0843. The number of nitrogens with one attached hydrogen (secondary N) is 4. The minimum atomic E-state index is -2.15. The van der Waals surface area contributed by atoms with E-state index in [4.69, 9.17) is 23.9 Å². The van der Waals surface area contributed by atoms with Gasteiger partial charge in [0.15, 0.2) is 30.4 Å². The molecule has 0 aromatic heterocycles. The number of azo groups is 1. The smallest absolute Gasteiger partial charge is 0.262 e. The number of phenolic OH excluding ortho intramolecular Hbond substituents is 2. The minimum Gasteiger partial charge on any atom is -0.506 e. The van der Waals surface area contributed by atoms with Gasteiger partial charge in [-0.25, -0.2) is 4.99 Å². The molecule has 346 valence electrons. The molecule has 0 aliphatic carbocycles. The summed E-state index contributed by atoms with van der Waals surface area (Å²) >= 11 is 0. The van der Waals surface area contributed by atoms with Crippen LogP contribution in [0.25, 0.3) is 0 Å². The number of rotatable bonds is 20. The Kier molecular flexibility index (Phi) is 13.7. The van der Waals surface area contributed by atoms with Gasteiger partial charge in [0.05, 0.1) is 19.8 Å². The summed E-state index contributed by atoms with van der Waals surface area (Å²) in [6.45, 7) is 9.57. The molecule has 0 fully saturated rings. The van der Waals surface area contributed by atoms with Crippen LogP contribution in [0.5, 0.6) is 34.5 Å². The number of amides is 2. The third-order valence-electron chi connectivity index (χ3n) is 12.1. The van der Waals surface area contributed by atoms with Gasteiger partial charge >= 0.3 is 0 Å². The SMILES string of the molecule is CCCCOc1ccc(CC(C)(C)NCC(O)(c2ccc(O)c3c2OCC(=O)N3)C(NC(C)(C)CCC2(c3ccc(OC)cc3)N=CN=N2)C(O)c2ccc(O)c3c2OCC(=O)N3)cc1. The van der Waals surface area contributed by atoms with Gasteiger partial charge in [-0.3, -0.25) is 9.59 Å². The Hall–Kier alpha value is -6.27. The number of hydrogen-bond donors (Lipinski definition) is 8. The number of β-amino-alcohol motifs (C(OH)–C–C–N with tert-alkyl or cyclic N) is 1. The number of phenols is 2. The number of aliphatic imine (C=N–C) groups is 1. The monoisotopic (exact) mass is 893 g/mol. The highest BCUT2D eigenvalue weighted by atomic mass is 16.5. The maximum Gasteiger partial charge on any atom is 0.262 e. The second kappa shape index (κ2) is 19.1. The second-order valence-electron chi connectivity index (χ2n) is 18.0. The number of hydrogen-bond acceptors (Lipinski definition) is 15. The average Bonchev–Trinajstić information content (AvgIpc) is 3.78. The Morgan fingerprint density at radius 2 is 1.48 bits per heavy atom. The zero-order valence-corrected chi connectivity index (χ0v) is 37.6. The fraction of sp³-hybridized carbons (Fsp3) is 0.438. The van der Waals surface area contributed by atoms with Crippen molar-refractivity contribution < 1.29 is 49.0 Å². The molecule has 3 heterocycles. The molecular weight excluding hydrogens is 835 g/mol. The first-order valence-electron chi connectivity index (χ1n) is 21.8. The van der Waals surface area contributed by atoms with Crippen molar-refractivity contribution in [2.75, 3.05) is 44.1 Å². The fourth-order valence-electron chi connectivity index (χ4n) is 8.40.